The molecule has 4 heteroatoms. The Kier molecular flexibility index (Phi) is 8.20. The van der Waals surface area contributed by atoms with Crippen LogP contribution in [-0.2, 0) is 0 Å². The molecule has 0 aliphatic rings. The Morgan fingerprint density at radius 3 is 0.853 bits per heavy atom. The molecule has 4 aromatic carbocycles. The minimum atomic E-state index is 0.251. The van der Waals surface area contributed by atoms with E-state index in [1.807, 2.05) is 48.5 Å². The van der Waals surface area contributed by atoms with E-state index in [9.17, 15) is 20.4 Å². The second kappa shape index (κ2) is 11.3. The predicted molar refractivity (Wildman–Crippen MR) is 137 cm³/mol. The molecule has 0 aliphatic carbocycles. The molecule has 4 aromatic rings. The van der Waals surface area contributed by atoms with Crippen molar-refractivity contribution in [3.63, 3.8) is 0 Å². The van der Waals surface area contributed by atoms with Crippen LogP contribution in [0.2, 0.25) is 0 Å². The normalized spacial score (nSPS) is 10.9. The smallest absolute Gasteiger partial charge is 0.115 e. The molecule has 0 amide bonds. The van der Waals surface area contributed by atoms with Gasteiger partial charge in [-0.15, -0.1) is 0 Å². The number of phenols is 4. The molecule has 176 valence electrons. The van der Waals surface area contributed by atoms with Gasteiger partial charge in [0.15, 0.2) is 0 Å². The Bertz CT molecular complexity index is 1060. The van der Waals surface area contributed by atoms with Crippen molar-refractivity contribution in [1.82, 2.24) is 0 Å². The van der Waals surface area contributed by atoms with E-state index in [2.05, 4.69) is 20.8 Å². The van der Waals surface area contributed by atoms with Gasteiger partial charge in [-0.2, -0.15) is 0 Å². The van der Waals surface area contributed by atoms with Crippen molar-refractivity contribution in [3.05, 3.63) is 119 Å². The van der Waals surface area contributed by atoms with Crippen LogP contribution in [0.4, 0.5) is 0 Å². The van der Waals surface area contributed by atoms with Crippen LogP contribution in [0.5, 0.6) is 23.0 Å². The molecule has 4 nitrogen and oxygen atoms in total. The first-order chi connectivity index (χ1) is 16.2. The molecule has 4 rings (SSSR count). The number of benzene rings is 4. The third-order valence-electron chi connectivity index (χ3n) is 5.96. The lowest BCUT2D eigenvalue weighted by molar-refractivity contribution is 0.473. The summed E-state index contributed by atoms with van der Waals surface area (Å²) in [4.78, 5) is 0. The fourth-order valence-corrected chi connectivity index (χ4v) is 4.04. The molecular formula is C30H32O4. The van der Waals surface area contributed by atoms with Crippen LogP contribution in [-0.4, -0.2) is 20.4 Å². The van der Waals surface area contributed by atoms with E-state index in [1.54, 1.807) is 48.5 Å². The van der Waals surface area contributed by atoms with Crippen LogP contribution in [0.3, 0.4) is 0 Å². The molecule has 0 saturated carbocycles. The zero-order chi connectivity index (χ0) is 24.7. The van der Waals surface area contributed by atoms with Gasteiger partial charge in [0.1, 0.15) is 23.0 Å². The summed E-state index contributed by atoms with van der Waals surface area (Å²) >= 11 is 0. The molecule has 34 heavy (non-hydrogen) atoms. The summed E-state index contributed by atoms with van der Waals surface area (Å²) in [5, 5.41) is 37.1. The molecule has 0 radical (unpaired) electrons. The first-order valence-electron chi connectivity index (χ1n) is 11.4. The SMILES string of the molecule is CC(C)C(c1ccc(O)cc1)c1ccc(O)cc1.CC(c1ccc(O)cc1)c1ccc(O)cc1. The average molecular weight is 457 g/mol. The van der Waals surface area contributed by atoms with E-state index >= 15 is 0 Å². The first-order valence-corrected chi connectivity index (χ1v) is 11.4. The summed E-state index contributed by atoms with van der Waals surface area (Å²) < 4.78 is 0. The third-order valence-corrected chi connectivity index (χ3v) is 5.96. The fraction of sp³-hybridized carbons (Fsp3) is 0.200. The molecule has 0 saturated heterocycles. The molecule has 0 aliphatic heterocycles. The number of aromatic hydroxyl groups is 4. The predicted octanol–water partition coefficient (Wildman–Crippen LogP) is 7.14. The molecule has 0 bridgehead atoms. The number of rotatable bonds is 5. The maximum Gasteiger partial charge on any atom is 0.115 e. The van der Waals surface area contributed by atoms with Crippen LogP contribution in [0.15, 0.2) is 97.1 Å². The van der Waals surface area contributed by atoms with Gasteiger partial charge >= 0.3 is 0 Å². The molecule has 4 N–H and O–H groups in total. The average Bonchev–Trinajstić information content (AvgIpc) is 2.82. The Balaban J connectivity index is 0.000000192. The molecule has 0 spiro atoms. The Morgan fingerprint density at radius 2 is 0.618 bits per heavy atom. The first kappa shape index (κ1) is 24.7. The van der Waals surface area contributed by atoms with Gasteiger partial charge < -0.3 is 20.4 Å². The van der Waals surface area contributed by atoms with E-state index in [4.69, 9.17) is 0 Å². The van der Waals surface area contributed by atoms with Crippen molar-refractivity contribution in [2.45, 2.75) is 32.6 Å². The molecule has 0 atom stereocenters. The van der Waals surface area contributed by atoms with Crippen LogP contribution in [0.25, 0.3) is 0 Å². The van der Waals surface area contributed by atoms with E-state index < -0.39 is 0 Å². The highest BCUT2D eigenvalue weighted by Crippen LogP contribution is 2.33. The number of hydrogen-bond acceptors (Lipinski definition) is 4. The highest BCUT2D eigenvalue weighted by Gasteiger charge is 2.18. The minimum absolute atomic E-state index is 0.251. The van der Waals surface area contributed by atoms with Gasteiger partial charge in [-0.1, -0.05) is 69.3 Å². The van der Waals surface area contributed by atoms with Gasteiger partial charge in [-0.05, 0) is 76.7 Å². The lowest BCUT2D eigenvalue weighted by Gasteiger charge is -2.22. The van der Waals surface area contributed by atoms with Gasteiger partial charge in [0.2, 0.25) is 0 Å². The zero-order valence-electron chi connectivity index (χ0n) is 19.8. The standard InChI is InChI=1S/C16H18O2.C14H14O2/c1-11(2)16(12-3-7-14(17)8-4-12)13-5-9-15(18)10-6-13;1-10(11-2-6-13(15)7-3-11)12-4-8-14(16)9-5-12/h3-11,16-18H,1-2H3;2-10,15-16H,1H3. The minimum Gasteiger partial charge on any atom is -0.508 e. The summed E-state index contributed by atoms with van der Waals surface area (Å²) in [6, 6.07) is 29.0. The Hall–Kier alpha value is -3.92. The maximum atomic E-state index is 9.35. The summed E-state index contributed by atoms with van der Waals surface area (Å²) in [6.45, 7) is 6.44. The van der Waals surface area contributed by atoms with Gasteiger partial charge in [0.25, 0.3) is 0 Å². The summed E-state index contributed by atoms with van der Waals surface area (Å²) in [6.07, 6.45) is 0. The lowest BCUT2D eigenvalue weighted by atomic mass is 9.82. The van der Waals surface area contributed by atoms with Crippen molar-refractivity contribution in [1.29, 1.82) is 0 Å². The van der Waals surface area contributed by atoms with Crippen molar-refractivity contribution in [2.24, 2.45) is 5.92 Å². The molecular weight excluding hydrogens is 424 g/mol. The fourth-order valence-electron chi connectivity index (χ4n) is 4.04. The third kappa shape index (κ3) is 6.55. The van der Waals surface area contributed by atoms with Gasteiger partial charge in [-0.3, -0.25) is 0 Å². The molecule has 0 aromatic heterocycles. The topological polar surface area (TPSA) is 80.9 Å². The van der Waals surface area contributed by atoms with E-state index in [0.717, 1.165) is 11.1 Å². The lowest BCUT2D eigenvalue weighted by Crippen LogP contribution is -2.08. The zero-order valence-corrected chi connectivity index (χ0v) is 19.8. The molecule has 0 fully saturated rings. The van der Waals surface area contributed by atoms with Gasteiger partial charge in [-0.25, -0.2) is 0 Å². The highest BCUT2D eigenvalue weighted by molar-refractivity contribution is 5.38. The second-order valence-electron chi connectivity index (χ2n) is 8.81. The number of phenolic OH excluding ortho intramolecular Hbond substituents is 4. The van der Waals surface area contributed by atoms with Crippen molar-refractivity contribution in [3.8, 4) is 23.0 Å². The largest absolute Gasteiger partial charge is 0.508 e. The van der Waals surface area contributed by atoms with E-state index in [0.29, 0.717) is 5.92 Å². The van der Waals surface area contributed by atoms with Crippen LogP contribution in [0, 0.1) is 5.92 Å². The summed E-state index contributed by atoms with van der Waals surface area (Å²) in [7, 11) is 0. The van der Waals surface area contributed by atoms with Crippen LogP contribution < -0.4 is 0 Å². The summed E-state index contributed by atoms with van der Waals surface area (Å²) in [5.41, 5.74) is 4.63. The van der Waals surface area contributed by atoms with Crippen molar-refractivity contribution >= 4 is 0 Å². The second-order valence-corrected chi connectivity index (χ2v) is 8.81. The monoisotopic (exact) mass is 456 g/mol. The Labute approximate surface area is 201 Å². The van der Waals surface area contributed by atoms with E-state index in [1.165, 1.54) is 11.1 Å². The number of hydrogen-bond donors (Lipinski definition) is 4. The summed E-state index contributed by atoms with van der Waals surface area (Å²) in [5.74, 6) is 2.09. The van der Waals surface area contributed by atoms with Gasteiger partial charge in [0, 0.05) is 11.8 Å². The van der Waals surface area contributed by atoms with Crippen molar-refractivity contribution < 1.29 is 20.4 Å². The van der Waals surface area contributed by atoms with Crippen LogP contribution >= 0.6 is 0 Å². The quantitative estimate of drug-likeness (QED) is 0.257. The van der Waals surface area contributed by atoms with E-state index in [-0.39, 0.29) is 34.8 Å². The highest BCUT2D eigenvalue weighted by atomic mass is 16.3. The molecule has 0 unspecified atom stereocenters. The maximum absolute atomic E-state index is 9.35. The Morgan fingerprint density at radius 1 is 0.382 bits per heavy atom. The molecule has 0 heterocycles. The van der Waals surface area contributed by atoms with Crippen molar-refractivity contribution in [2.75, 3.05) is 0 Å². The van der Waals surface area contributed by atoms with Crippen LogP contribution in [0.1, 0.15) is 54.9 Å². The van der Waals surface area contributed by atoms with Gasteiger partial charge in [0.05, 0.1) is 0 Å².